The van der Waals surface area contributed by atoms with E-state index in [1.54, 1.807) is 0 Å². The molecular formula is C52H44N4O. The summed E-state index contributed by atoms with van der Waals surface area (Å²) < 4.78 is 6.63. The van der Waals surface area contributed by atoms with Crippen LogP contribution in [-0.2, 0) is 12.0 Å². The van der Waals surface area contributed by atoms with E-state index in [1.807, 2.05) is 24.4 Å². The molecule has 2 N–H and O–H groups in total. The van der Waals surface area contributed by atoms with Gasteiger partial charge < -0.3 is 20.3 Å². The number of fused-ring (bicyclic) bond motifs is 3. The normalized spacial score (nSPS) is 12.0. The molecule has 1 aliphatic rings. The Hall–Kier alpha value is -7.11. The largest absolute Gasteiger partial charge is 0.457 e. The third-order valence-electron chi connectivity index (χ3n) is 10.6. The third kappa shape index (κ3) is 7.48. The Kier molecular flexibility index (Phi) is 9.49. The topological polar surface area (TPSA) is 49.4 Å². The summed E-state index contributed by atoms with van der Waals surface area (Å²) in [7, 11) is 0. The molecule has 0 spiro atoms. The van der Waals surface area contributed by atoms with Crippen molar-refractivity contribution >= 4 is 34.3 Å². The number of nitrogens with zero attached hydrogens (tertiary/aromatic N) is 2. The highest BCUT2D eigenvalue weighted by Crippen LogP contribution is 2.45. The first-order valence-corrected chi connectivity index (χ1v) is 19.5. The minimum absolute atomic E-state index is 0.00650. The summed E-state index contributed by atoms with van der Waals surface area (Å²) in [5.41, 5.74) is 14.4. The van der Waals surface area contributed by atoms with Crippen LogP contribution in [0.15, 0.2) is 188 Å². The highest BCUT2D eigenvalue weighted by molar-refractivity contribution is 5.95. The van der Waals surface area contributed by atoms with E-state index in [0.717, 1.165) is 80.1 Å². The molecule has 1 aromatic heterocycles. The minimum Gasteiger partial charge on any atom is -0.457 e. The molecule has 9 rings (SSSR count). The molecular weight excluding hydrogens is 697 g/mol. The molecule has 8 aromatic rings. The summed E-state index contributed by atoms with van der Waals surface area (Å²) in [6, 6.07) is 63.4. The Labute approximate surface area is 335 Å². The van der Waals surface area contributed by atoms with E-state index >= 15 is 0 Å². The molecule has 278 valence electrons. The van der Waals surface area contributed by atoms with Crippen molar-refractivity contribution in [3.8, 4) is 44.9 Å². The van der Waals surface area contributed by atoms with Gasteiger partial charge in [-0.1, -0.05) is 142 Å². The highest BCUT2D eigenvalue weighted by atomic mass is 16.5. The van der Waals surface area contributed by atoms with Gasteiger partial charge in [-0.05, 0) is 81.8 Å². The van der Waals surface area contributed by atoms with Crippen molar-refractivity contribution in [2.24, 2.45) is 0 Å². The lowest BCUT2D eigenvalue weighted by Crippen LogP contribution is -2.23. The number of hydrogen-bond acceptors (Lipinski definition) is 5. The number of ether oxygens (including phenoxy) is 1. The summed E-state index contributed by atoms with van der Waals surface area (Å²) in [6.07, 6.45) is 1.92. The molecule has 0 aliphatic carbocycles. The van der Waals surface area contributed by atoms with Crippen LogP contribution in [0.2, 0.25) is 0 Å². The minimum atomic E-state index is 0.00650. The second-order valence-corrected chi connectivity index (χ2v) is 15.5. The summed E-state index contributed by atoms with van der Waals surface area (Å²) >= 11 is 0. The van der Waals surface area contributed by atoms with Gasteiger partial charge in [-0.15, -0.1) is 0 Å². The van der Waals surface area contributed by atoms with Crippen LogP contribution in [-0.4, -0.2) is 4.98 Å². The fraction of sp³-hybridized carbons (Fsp3) is 0.0962. The number of pyridine rings is 1. The number of anilines is 6. The van der Waals surface area contributed by atoms with Gasteiger partial charge in [0, 0.05) is 40.7 Å². The van der Waals surface area contributed by atoms with E-state index < -0.39 is 0 Å². The van der Waals surface area contributed by atoms with Crippen LogP contribution in [0, 0.1) is 0 Å². The van der Waals surface area contributed by atoms with Gasteiger partial charge in [0.05, 0.1) is 29.3 Å². The predicted octanol–water partition coefficient (Wildman–Crippen LogP) is 14.3. The maximum Gasteiger partial charge on any atom is 0.133 e. The van der Waals surface area contributed by atoms with Crippen molar-refractivity contribution in [3.63, 3.8) is 0 Å². The first-order chi connectivity index (χ1) is 27.9. The van der Waals surface area contributed by atoms with Crippen LogP contribution in [0.5, 0.6) is 11.5 Å². The van der Waals surface area contributed by atoms with Gasteiger partial charge in [-0.2, -0.15) is 0 Å². The van der Waals surface area contributed by atoms with Crippen molar-refractivity contribution < 1.29 is 4.74 Å². The molecule has 7 aromatic carbocycles. The van der Waals surface area contributed by atoms with E-state index in [0.29, 0.717) is 0 Å². The Morgan fingerprint density at radius 3 is 1.86 bits per heavy atom. The fourth-order valence-corrected chi connectivity index (χ4v) is 7.61. The molecule has 0 fully saturated rings. The average Bonchev–Trinajstić information content (AvgIpc) is 3.24. The first-order valence-electron chi connectivity index (χ1n) is 19.5. The van der Waals surface area contributed by atoms with Crippen LogP contribution < -0.4 is 20.3 Å². The summed E-state index contributed by atoms with van der Waals surface area (Å²) in [5, 5.41) is 7.53. The fourth-order valence-electron chi connectivity index (χ4n) is 7.61. The van der Waals surface area contributed by atoms with Crippen molar-refractivity contribution in [2.45, 2.75) is 32.7 Å². The lowest BCUT2D eigenvalue weighted by molar-refractivity contribution is 0.483. The molecule has 57 heavy (non-hydrogen) atoms. The monoisotopic (exact) mass is 740 g/mol. The molecule has 5 nitrogen and oxygen atoms in total. The van der Waals surface area contributed by atoms with Crippen LogP contribution >= 0.6 is 0 Å². The quantitative estimate of drug-likeness (QED) is 0.154. The number of benzene rings is 7. The zero-order chi connectivity index (χ0) is 38.8. The van der Waals surface area contributed by atoms with Gasteiger partial charge >= 0.3 is 0 Å². The maximum atomic E-state index is 6.63. The maximum absolute atomic E-state index is 6.63. The summed E-state index contributed by atoms with van der Waals surface area (Å²) in [6.45, 7) is 7.44. The smallest absolute Gasteiger partial charge is 0.133 e. The predicted molar refractivity (Wildman–Crippen MR) is 237 cm³/mol. The third-order valence-corrected chi connectivity index (χ3v) is 10.6. The summed E-state index contributed by atoms with van der Waals surface area (Å²) in [4.78, 5) is 7.17. The van der Waals surface area contributed by atoms with Crippen LogP contribution in [0.1, 0.15) is 31.9 Å². The van der Waals surface area contributed by atoms with Crippen molar-refractivity contribution in [1.82, 2.24) is 4.98 Å². The zero-order valence-corrected chi connectivity index (χ0v) is 32.4. The van der Waals surface area contributed by atoms with Gasteiger partial charge in [-0.25, -0.2) is 4.98 Å². The van der Waals surface area contributed by atoms with Crippen LogP contribution in [0.3, 0.4) is 0 Å². The second-order valence-electron chi connectivity index (χ2n) is 15.5. The first kappa shape index (κ1) is 35.6. The number of nitrogens with one attached hydrogen (secondary N) is 2. The van der Waals surface area contributed by atoms with Gasteiger partial charge in [0.2, 0.25) is 0 Å². The van der Waals surface area contributed by atoms with Crippen molar-refractivity contribution in [2.75, 3.05) is 15.5 Å². The molecule has 0 radical (unpaired) electrons. The Bertz CT molecular complexity index is 2630. The number of aromatic nitrogens is 1. The molecule has 0 atom stereocenters. The molecule has 2 heterocycles. The second kappa shape index (κ2) is 15.2. The molecule has 0 saturated heterocycles. The average molecular weight is 741 g/mol. The van der Waals surface area contributed by atoms with Crippen molar-refractivity contribution in [1.29, 1.82) is 0 Å². The molecule has 0 bridgehead atoms. The van der Waals surface area contributed by atoms with E-state index in [-0.39, 0.29) is 5.41 Å². The van der Waals surface area contributed by atoms with Gasteiger partial charge in [-0.3, -0.25) is 0 Å². The molecule has 0 amide bonds. The lowest BCUT2D eigenvalue weighted by atomic mass is 9.87. The zero-order valence-electron chi connectivity index (χ0n) is 32.4. The Balaban J connectivity index is 1.02. The SMILES string of the molecule is CC(C)(C)c1ccnc(N2Cc3ccccc3-c3ccc(Oc4cccc(Nc5ccccc5Nc5c(-c6ccccc6)cccc5-c5ccccc5)c4)cc32)c1. The Morgan fingerprint density at radius 1 is 0.526 bits per heavy atom. The lowest BCUT2D eigenvalue weighted by Gasteiger charge is -2.33. The number of rotatable bonds is 9. The molecule has 0 saturated carbocycles. The van der Waals surface area contributed by atoms with Crippen LogP contribution in [0.4, 0.5) is 34.3 Å². The number of para-hydroxylation sites is 3. The van der Waals surface area contributed by atoms with Gasteiger partial charge in [0.15, 0.2) is 0 Å². The van der Waals surface area contributed by atoms with E-state index in [4.69, 9.17) is 9.72 Å². The van der Waals surface area contributed by atoms with E-state index in [1.165, 1.54) is 16.7 Å². The van der Waals surface area contributed by atoms with E-state index in [2.05, 4.69) is 200 Å². The van der Waals surface area contributed by atoms with Crippen molar-refractivity contribution in [3.05, 3.63) is 199 Å². The molecule has 0 unspecified atom stereocenters. The standard InChI is InChI=1S/C52H44N4O/c1-52(2,3)39-30-31-53-50(32-39)56-35-38-20-10-11-23-43(38)46-29-28-42(34-49(46)56)57-41-22-14-21-40(33-41)54-47-26-12-13-27-48(47)55-51-44(36-16-6-4-7-17-36)24-15-25-45(51)37-18-8-5-9-19-37/h4-34,54-55H,35H2,1-3H3. The van der Waals surface area contributed by atoms with Crippen LogP contribution in [0.25, 0.3) is 33.4 Å². The molecule has 1 aliphatic heterocycles. The van der Waals surface area contributed by atoms with Gasteiger partial charge in [0.25, 0.3) is 0 Å². The Morgan fingerprint density at radius 2 is 1.14 bits per heavy atom. The number of hydrogen-bond donors (Lipinski definition) is 2. The molecule has 5 heteroatoms. The highest BCUT2D eigenvalue weighted by Gasteiger charge is 2.26. The summed E-state index contributed by atoms with van der Waals surface area (Å²) in [5.74, 6) is 2.42. The van der Waals surface area contributed by atoms with E-state index in [9.17, 15) is 0 Å². The van der Waals surface area contributed by atoms with Gasteiger partial charge in [0.1, 0.15) is 17.3 Å².